The molecule has 0 saturated carbocycles. The van der Waals surface area contributed by atoms with Crippen molar-refractivity contribution in [3.8, 4) is 0 Å². The standard InChI is InChI=1S/C19H17N3O3/c1-2-25-18(24)15-16(12-8-4-3-5-9-12)22-14-11-7-6-10-13(14)20-19(22)21-17(15)23/h3-11,15-16H,2H2,1H3,(H,20,21,23)/t15-,16-/m0/s1. The van der Waals surface area contributed by atoms with Gasteiger partial charge in [0, 0.05) is 0 Å². The minimum Gasteiger partial charge on any atom is -0.465 e. The van der Waals surface area contributed by atoms with Crippen LogP contribution in [0.2, 0.25) is 0 Å². The Morgan fingerprint density at radius 1 is 1.16 bits per heavy atom. The first-order chi connectivity index (χ1) is 12.2. The van der Waals surface area contributed by atoms with E-state index < -0.39 is 23.8 Å². The van der Waals surface area contributed by atoms with Crippen LogP contribution in [0.3, 0.4) is 0 Å². The Hall–Kier alpha value is -3.15. The molecule has 2 atom stereocenters. The fourth-order valence-corrected chi connectivity index (χ4v) is 3.35. The number of anilines is 1. The van der Waals surface area contributed by atoms with Crippen LogP contribution < -0.4 is 5.32 Å². The Bertz CT molecular complexity index is 949. The number of nitrogens with one attached hydrogen (secondary N) is 1. The van der Waals surface area contributed by atoms with Crippen molar-refractivity contribution in [3.63, 3.8) is 0 Å². The molecule has 0 unspecified atom stereocenters. The van der Waals surface area contributed by atoms with Crippen LogP contribution in [-0.4, -0.2) is 28.0 Å². The van der Waals surface area contributed by atoms with E-state index in [0.29, 0.717) is 5.95 Å². The van der Waals surface area contributed by atoms with Crippen LogP contribution in [0, 0.1) is 5.92 Å². The van der Waals surface area contributed by atoms with Gasteiger partial charge in [-0.1, -0.05) is 42.5 Å². The molecule has 25 heavy (non-hydrogen) atoms. The monoisotopic (exact) mass is 335 g/mol. The lowest BCUT2D eigenvalue weighted by Gasteiger charge is -2.32. The molecule has 1 aliphatic heterocycles. The molecule has 3 aromatic rings. The number of imidazole rings is 1. The maximum absolute atomic E-state index is 12.7. The summed E-state index contributed by atoms with van der Waals surface area (Å²) >= 11 is 0. The van der Waals surface area contributed by atoms with E-state index >= 15 is 0 Å². The van der Waals surface area contributed by atoms with Gasteiger partial charge in [-0.05, 0) is 24.6 Å². The third-order valence-corrected chi connectivity index (χ3v) is 4.39. The van der Waals surface area contributed by atoms with Crippen LogP contribution in [0.5, 0.6) is 0 Å². The molecule has 0 radical (unpaired) electrons. The normalized spacial score (nSPS) is 19.3. The molecule has 1 amide bonds. The van der Waals surface area contributed by atoms with Crippen molar-refractivity contribution in [1.82, 2.24) is 9.55 Å². The van der Waals surface area contributed by atoms with Crippen molar-refractivity contribution in [2.45, 2.75) is 13.0 Å². The van der Waals surface area contributed by atoms with E-state index in [1.165, 1.54) is 0 Å². The molecule has 1 aromatic heterocycles. The molecule has 0 saturated heterocycles. The second-order valence-corrected chi connectivity index (χ2v) is 5.87. The first-order valence-electron chi connectivity index (χ1n) is 8.20. The van der Waals surface area contributed by atoms with Gasteiger partial charge >= 0.3 is 5.97 Å². The van der Waals surface area contributed by atoms with Crippen LogP contribution in [0.15, 0.2) is 54.6 Å². The number of carbonyl (C=O) groups excluding carboxylic acids is 2. The van der Waals surface area contributed by atoms with Gasteiger partial charge in [-0.2, -0.15) is 0 Å². The van der Waals surface area contributed by atoms with Gasteiger partial charge in [-0.15, -0.1) is 0 Å². The molecule has 0 aliphatic carbocycles. The maximum Gasteiger partial charge on any atom is 0.321 e. The zero-order chi connectivity index (χ0) is 17.4. The number of hydrogen-bond acceptors (Lipinski definition) is 4. The molecule has 1 N–H and O–H groups in total. The highest BCUT2D eigenvalue weighted by atomic mass is 16.5. The Morgan fingerprint density at radius 2 is 1.88 bits per heavy atom. The molecule has 4 rings (SSSR count). The van der Waals surface area contributed by atoms with Crippen molar-refractivity contribution in [2.75, 3.05) is 11.9 Å². The maximum atomic E-state index is 12.7. The third-order valence-electron chi connectivity index (χ3n) is 4.39. The number of hydrogen-bond donors (Lipinski definition) is 1. The van der Waals surface area contributed by atoms with Crippen LogP contribution in [0.4, 0.5) is 5.95 Å². The smallest absolute Gasteiger partial charge is 0.321 e. The molecule has 6 heteroatoms. The van der Waals surface area contributed by atoms with Crippen LogP contribution in [0.25, 0.3) is 11.0 Å². The van der Waals surface area contributed by atoms with Gasteiger partial charge in [0.25, 0.3) is 0 Å². The van der Waals surface area contributed by atoms with E-state index in [4.69, 9.17) is 4.74 Å². The molecular weight excluding hydrogens is 318 g/mol. The Morgan fingerprint density at radius 3 is 2.64 bits per heavy atom. The van der Waals surface area contributed by atoms with Crippen LogP contribution >= 0.6 is 0 Å². The van der Waals surface area contributed by atoms with Gasteiger partial charge in [0.2, 0.25) is 11.9 Å². The molecule has 0 bridgehead atoms. The number of rotatable bonds is 3. The number of carbonyl (C=O) groups is 2. The summed E-state index contributed by atoms with van der Waals surface area (Å²) in [4.78, 5) is 29.7. The van der Waals surface area contributed by atoms with Crippen molar-refractivity contribution in [3.05, 3.63) is 60.2 Å². The summed E-state index contributed by atoms with van der Waals surface area (Å²) < 4.78 is 7.08. The SMILES string of the molecule is CCOC(=O)[C@@H]1C(=O)Nc2nc3ccccc3n2[C@H]1c1ccccc1. The average molecular weight is 335 g/mol. The Balaban J connectivity index is 1.96. The lowest BCUT2D eigenvalue weighted by Crippen LogP contribution is -2.43. The summed E-state index contributed by atoms with van der Waals surface area (Å²) in [6.07, 6.45) is 0. The first kappa shape index (κ1) is 15.4. The summed E-state index contributed by atoms with van der Waals surface area (Å²) in [5, 5.41) is 2.75. The zero-order valence-corrected chi connectivity index (χ0v) is 13.7. The quantitative estimate of drug-likeness (QED) is 0.590. The van der Waals surface area contributed by atoms with Crippen molar-refractivity contribution in [1.29, 1.82) is 0 Å². The molecular formula is C19H17N3O3. The minimum atomic E-state index is -0.965. The Labute approximate surface area is 144 Å². The minimum absolute atomic E-state index is 0.224. The van der Waals surface area contributed by atoms with E-state index in [9.17, 15) is 9.59 Å². The number of aromatic nitrogens is 2. The van der Waals surface area contributed by atoms with Gasteiger partial charge in [-0.25, -0.2) is 4.98 Å². The second kappa shape index (κ2) is 6.05. The average Bonchev–Trinajstić information content (AvgIpc) is 2.99. The zero-order valence-electron chi connectivity index (χ0n) is 13.7. The molecule has 0 spiro atoms. The molecule has 2 heterocycles. The second-order valence-electron chi connectivity index (χ2n) is 5.87. The predicted octanol–water partition coefficient (Wildman–Crippen LogP) is 2.76. The number of esters is 1. The topological polar surface area (TPSA) is 73.2 Å². The van der Waals surface area contributed by atoms with E-state index in [1.807, 2.05) is 59.2 Å². The van der Waals surface area contributed by atoms with Crippen molar-refractivity contribution in [2.24, 2.45) is 5.92 Å². The summed E-state index contributed by atoms with van der Waals surface area (Å²) in [6.45, 7) is 1.95. The van der Waals surface area contributed by atoms with Gasteiger partial charge in [0.15, 0.2) is 5.92 Å². The van der Waals surface area contributed by atoms with Crippen LogP contribution in [0.1, 0.15) is 18.5 Å². The lowest BCUT2D eigenvalue weighted by atomic mass is 9.90. The highest BCUT2D eigenvalue weighted by Gasteiger charge is 2.43. The first-order valence-corrected chi connectivity index (χ1v) is 8.20. The highest BCUT2D eigenvalue weighted by Crippen LogP contribution is 2.38. The van der Waals surface area contributed by atoms with E-state index in [1.54, 1.807) is 6.92 Å². The Kier molecular flexibility index (Phi) is 3.72. The summed E-state index contributed by atoms with van der Waals surface area (Å²) in [5.41, 5.74) is 2.49. The molecule has 6 nitrogen and oxygen atoms in total. The number of para-hydroxylation sites is 2. The molecule has 2 aromatic carbocycles. The lowest BCUT2D eigenvalue weighted by molar-refractivity contribution is -0.152. The van der Waals surface area contributed by atoms with E-state index in [2.05, 4.69) is 10.3 Å². The molecule has 0 fully saturated rings. The fourth-order valence-electron chi connectivity index (χ4n) is 3.35. The highest BCUT2D eigenvalue weighted by molar-refractivity contribution is 6.07. The van der Waals surface area contributed by atoms with E-state index in [-0.39, 0.29) is 6.61 Å². The number of benzene rings is 2. The van der Waals surface area contributed by atoms with E-state index in [0.717, 1.165) is 16.6 Å². The van der Waals surface area contributed by atoms with Gasteiger partial charge in [0.05, 0.1) is 23.7 Å². The summed E-state index contributed by atoms with van der Waals surface area (Å²) in [6, 6.07) is 16.6. The largest absolute Gasteiger partial charge is 0.465 e. The van der Waals surface area contributed by atoms with Crippen LogP contribution in [-0.2, 0) is 14.3 Å². The number of fused-ring (bicyclic) bond motifs is 3. The fraction of sp³-hybridized carbons (Fsp3) is 0.211. The number of amides is 1. The van der Waals surface area contributed by atoms with Gasteiger partial charge < -0.3 is 9.30 Å². The summed E-state index contributed by atoms with van der Waals surface area (Å²) in [5.74, 6) is -1.44. The molecule has 126 valence electrons. The number of nitrogens with zero attached hydrogens (tertiary/aromatic N) is 2. The number of ether oxygens (including phenoxy) is 1. The van der Waals surface area contributed by atoms with Gasteiger partial charge in [0.1, 0.15) is 0 Å². The van der Waals surface area contributed by atoms with Gasteiger partial charge in [-0.3, -0.25) is 14.9 Å². The molecule has 1 aliphatic rings. The third kappa shape index (κ3) is 2.46. The van der Waals surface area contributed by atoms with Crippen molar-refractivity contribution < 1.29 is 14.3 Å². The van der Waals surface area contributed by atoms with Crippen molar-refractivity contribution >= 4 is 28.9 Å². The summed E-state index contributed by atoms with van der Waals surface area (Å²) in [7, 11) is 0. The predicted molar refractivity (Wildman–Crippen MR) is 93.1 cm³/mol.